The molecule has 1 unspecified atom stereocenters. The molecular weight excluding hydrogens is 465 g/mol. The maximum atomic E-state index is 12.1. The minimum absolute atomic E-state index is 0. The van der Waals surface area contributed by atoms with Gasteiger partial charge in [-0.25, -0.2) is 0 Å². The molecule has 0 saturated heterocycles. The summed E-state index contributed by atoms with van der Waals surface area (Å²) in [5, 5.41) is 3.28. The Morgan fingerprint density at radius 3 is 2.54 bits per heavy atom. The normalized spacial score (nSPS) is 15.0. The molecular formula is C18H30IN3O3S. The molecule has 1 aromatic rings. The van der Waals surface area contributed by atoms with E-state index in [4.69, 9.17) is 9.47 Å². The van der Waals surface area contributed by atoms with E-state index < -0.39 is 10.8 Å². The lowest BCUT2D eigenvalue weighted by Crippen LogP contribution is -2.41. The smallest absolute Gasteiger partial charge is 0.193 e. The fourth-order valence-corrected chi connectivity index (χ4v) is 3.38. The lowest BCUT2D eigenvalue weighted by atomic mass is 10.2. The van der Waals surface area contributed by atoms with Crippen molar-refractivity contribution in [2.75, 3.05) is 39.6 Å². The van der Waals surface area contributed by atoms with E-state index in [1.165, 1.54) is 0 Å². The van der Waals surface area contributed by atoms with Crippen molar-refractivity contribution in [3.05, 3.63) is 23.8 Å². The Morgan fingerprint density at radius 2 is 1.92 bits per heavy atom. The molecule has 0 aromatic heterocycles. The Morgan fingerprint density at radius 1 is 1.27 bits per heavy atom. The van der Waals surface area contributed by atoms with Crippen molar-refractivity contribution in [1.82, 2.24) is 10.2 Å². The summed E-state index contributed by atoms with van der Waals surface area (Å²) in [5.74, 6) is 2.96. The fraction of sp³-hybridized carbons (Fsp3) is 0.611. The summed E-state index contributed by atoms with van der Waals surface area (Å²) in [6.07, 6.45) is 0. The van der Waals surface area contributed by atoms with E-state index in [-0.39, 0.29) is 28.7 Å². The van der Waals surface area contributed by atoms with Gasteiger partial charge in [-0.15, -0.1) is 24.0 Å². The molecule has 26 heavy (non-hydrogen) atoms. The van der Waals surface area contributed by atoms with Crippen molar-refractivity contribution in [3.8, 4) is 11.5 Å². The second kappa shape index (κ2) is 10.3. The van der Waals surface area contributed by atoms with E-state index in [1.807, 2.05) is 50.9 Å². The van der Waals surface area contributed by atoms with Crippen LogP contribution in [-0.2, 0) is 17.3 Å². The van der Waals surface area contributed by atoms with Gasteiger partial charge in [-0.3, -0.25) is 9.20 Å². The summed E-state index contributed by atoms with van der Waals surface area (Å²) in [7, 11) is 2.86. The van der Waals surface area contributed by atoms with Crippen LogP contribution in [0.1, 0.15) is 26.3 Å². The van der Waals surface area contributed by atoms with E-state index >= 15 is 0 Å². The van der Waals surface area contributed by atoms with Crippen LogP contribution < -0.4 is 14.8 Å². The van der Waals surface area contributed by atoms with Gasteiger partial charge in [0.2, 0.25) is 0 Å². The van der Waals surface area contributed by atoms with Gasteiger partial charge >= 0.3 is 0 Å². The number of nitrogens with one attached hydrogen (secondary N) is 1. The number of hydrogen-bond acceptors (Lipinski definition) is 4. The summed E-state index contributed by atoms with van der Waals surface area (Å²) < 4.78 is 23.1. The molecule has 0 amide bonds. The number of halogens is 1. The molecule has 148 valence electrons. The van der Waals surface area contributed by atoms with Crippen LogP contribution in [0.5, 0.6) is 11.5 Å². The highest BCUT2D eigenvalue weighted by atomic mass is 127. The van der Waals surface area contributed by atoms with Crippen LogP contribution in [0.2, 0.25) is 0 Å². The van der Waals surface area contributed by atoms with E-state index in [2.05, 4.69) is 10.3 Å². The highest BCUT2D eigenvalue weighted by Crippen LogP contribution is 2.31. The molecule has 0 aliphatic carbocycles. The number of nitrogens with zero attached hydrogens (tertiary/aromatic N) is 2. The maximum absolute atomic E-state index is 12.1. The molecule has 0 fully saturated rings. The third-order valence-corrected chi connectivity index (χ3v) is 5.79. The molecule has 1 heterocycles. The summed E-state index contributed by atoms with van der Waals surface area (Å²) in [5.41, 5.74) is 1.12. The third-order valence-electron chi connectivity index (χ3n) is 3.85. The first-order valence-electron chi connectivity index (χ1n) is 8.50. The Bertz CT molecular complexity index is 647. The van der Waals surface area contributed by atoms with Crippen LogP contribution >= 0.6 is 24.0 Å². The number of hydrogen-bond donors (Lipinski definition) is 1. The highest BCUT2D eigenvalue weighted by Gasteiger charge is 2.19. The van der Waals surface area contributed by atoms with E-state index in [9.17, 15) is 4.21 Å². The van der Waals surface area contributed by atoms with Crippen LogP contribution in [0, 0.1) is 0 Å². The molecule has 0 bridgehead atoms. The average molecular weight is 495 g/mol. The van der Waals surface area contributed by atoms with Gasteiger partial charge in [-0.1, -0.05) is 6.07 Å². The SMILES string of the molecule is CN=C(NCCS(=O)C(C)(C)C)N(C)Cc1ccc2c(c1)OCCO2.I. The number of ether oxygens (including phenoxy) is 2. The van der Waals surface area contributed by atoms with Crippen molar-refractivity contribution in [3.63, 3.8) is 0 Å². The Kier molecular flexibility index (Phi) is 9.15. The van der Waals surface area contributed by atoms with Crippen LogP contribution in [0.25, 0.3) is 0 Å². The lowest BCUT2D eigenvalue weighted by molar-refractivity contribution is 0.171. The molecule has 1 aliphatic rings. The molecule has 0 radical (unpaired) electrons. The number of rotatable bonds is 5. The summed E-state index contributed by atoms with van der Waals surface area (Å²) in [4.78, 5) is 6.34. The van der Waals surface area contributed by atoms with Crippen molar-refractivity contribution in [1.29, 1.82) is 0 Å². The average Bonchev–Trinajstić information content (AvgIpc) is 2.57. The van der Waals surface area contributed by atoms with Gasteiger partial charge in [0.25, 0.3) is 0 Å². The largest absolute Gasteiger partial charge is 0.486 e. The Hall–Kier alpha value is -1.03. The standard InChI is InChI=1S/C18H29N3O3S.HI/c1-18(2,3)25(22)11-8-20-17(19-4)21(5)13-14-6-7-15-16(12-14)24-10-9-23-15;/h6-7,12H,8-11,13H2,1-5H3,(H,19,20);1H. The molecule has 2 rings (SSSR count). The molecule has 0 spiro atoms. The van der Waals surface area contributed by atoms with Gasteiger partial charge in [-0.05, 0) is 38.5 Å². The predicted octanol–water partition coefficient (Wildman–Crippen LogP) is 2.63. The zero-order chi connectivity index (χ0) is 18.4. The zero-order valence-corrected chi connectivity index (χ0v) is 19.4. The van der Waals surface area contributed by atoms with Crippen LogP contribution in [0.4, 0.5) is 0 Å². The molecule has 1 aromatic carbocycles. The molecule has 8 heteroatoms. The molecule has 0 saturated carbocycles. The van der Waals surface area contributed by atoms with Crippen molar-refractivity contribution in [2.45, 2.75) is 32.1 Å². The molecule has 6 nitrogen and oxygen atoms in total. The van der Waals surface area contributed by atoms with Crippen molar-refractivity contribution < 1.29 is 13.7 Å². The third kappa shape index (κ3) is 6.61. The molecule has 1 aliphatic heterocycles. The first kappa shape index (κ1) is 23.0. The van der Waals surface area contributed by atoms with E-state index in [0.29, 0.717) is 32.1 Å². The molecule has 1 atom stereocenters. The number of guanidine groups is 1. The van der Waals surface area contributed by atoms with Crippen molar-refractivity contribution >= 4 is 40.7 Å². The monoisotopic (exact) mass is 495 g/mol. The Balaban J connectivity index is 0.00000338. The minimum Gasteiger partial charge on any atom is -0.486 e. The minimum atomic E-state index is -0.875. The lowest BCUT2D eigenvalue weighted by Gasteiger charge is -2.24. The van der Waals surface area contributed by atoms with Crippen molar-refractivity contribution in [2.24, 2.45) is 4.99 Å². The fourth-order valence-electron chi connectivity index (χ4n) is 2.48. The summed E-state index contributed by atoms with van der Waals surface area (Å²) in [6.45, 7) is 8.48. The van der Waals surface area contributed by atoms with Crippen LogP contribution in [0.3, 0.4) is 0 Å². The second-order valence-electron chi connectivity index (χ2n) is 6.97. The number of aliphatic imine (C=N–C) groups is 1. The summed E-state index contributed by atoms with van der Waals surface area (Å²) in [6, 6.07) is 5.99. The first-order chi connectivity index (χ1) is 11.8. The van der Waals surface area contributed by atoms with E-state index in [0.717, 1.165) is 23.0 Å². The Labute approximate surface area is 176 Å². The van der Waals surface area contributed by atoms with Crippen LogP contribution in [-0.4, -0.2) is 59.4 Å². The summed E-state index contributed by atoms with van der Waals surface area (Å²) >= 11 is 0. The van der Waals surface area contributed by atoms with Gasteiger partial charge < -0.3 is 19.7 Å². The predicted molar refractivity (Wildman–Crippen MR) is 118 cm³/mol. The first-order valence-corrected chi connectivity index (χ1v) is 9.82. The number of benzene rings is 1. The second-order valence-corrected chi connectivity index (χ2v) is 9.29. The topological polar surface area (TPSA) is 63.2 Å². The highest BCUT2D eigenvalue weighted by molar-refractivity contribution is 14.0. The van der Waals surface area contributed by atoms with Gasteiger partial charge in [-0.2, -0.15) is 0 Å². The van der Waals surface area contributed by atoms with E-state index in [1.54, 1.807) is 7.05 Å². The van der Waals surface area contributed by atoms with Gasteiger partial charge in [0.1, 0.15) is 13.2 Å². The zero-order valence-electron chi connectivity index (χ0n) is 16.2. The molecule has 1 N–H and O–H groups in total. The van der Waals surface area contributed by atoms with Crippen LogP contribution in [0.15, 0.2) is 23.2 Å². The van der Waals surface area contributed by atoms with Gasteiger partial charge in [0.05, 0.1) is 0 Å². The number of fused-ring (bicyclic) bond motifs is 1. The maximum Gasteiger partial charge on any atom is 0.193 e. The van der Waals surface area contributed by atoms with Gasteiger partial charge in [0, 0.05) is 48.5 Å². The quantitative estimate of drug-likeness (QED) is 0.387. The van der Waals surface area contributed by atoms with Gasteiger partial charge in [0.15, 0.2) is 17.5 Å².